The summed E-state index contributed by atoms with van der Waals surface area (Å²) in [6.45, 7) is 3.32. The van der Waals surface area contributed by atoms with Crippen molar-refractivity contribution >= 4 is 27.5 Å². The summed E-state index contributed by atoms with van der Waals surface area (Å²) in [6.07, 6.45) is 0.919. The van der Waals surface area contributed by atoms with Crippen molar-refractivity contribution in [2.75, 3.05) is 25.9 Å². The lowest BCUT2D eigenvalue weighted by molar-refractivity contribution is -0.00159. The molecule has 20 heavy (non-hydrogen) atoms. The zero-order valence-electron chi connectivity index (χ0n) is 11.5. The Bertz CT molecular complexity index is 524. The molecule has 0 spiro atoms. The van der Waals surface area contributed by atoms with Crippen molar-refractivity contribution < 1.29 is 13.9 Å². The predicted molar refractivity (Wildman–Crippen MR) is 79.0 cm³/mol. The minimum atomic E-state index is -0.532. The number of benzene rings is 1. The Balaban J connectivity index is 2.21. The molecule has 2 rings (SSSR count). The summed E-state index contributed by atoms with van der Waals surface area (Å²) in [4.78, 5) is 14.2. The summed E-state index contributed by atoms with van der Waals surface area (Å²) in [5, 5.41) is 0. The number of piperidine rings is 1. The molecule has 0 saturated carbocycles. The van der Waals surface area contributed by atoms with Crippen LogP contribution >= 0.6 is 15.9 Å². The maximum Gasteiger partial charge on any atom is 0.255 e. The van der Waals surface area contributed by atoms with Gasteiger partial charge in [-0.15, -0.1) is 0 Å². The van der Waals surface area contributed by atoms with E-state index in [4.69, 9.17) is 10.5 Å². The number of anilines is 1. The molecule has 1 heterocycles. The van der Waals surface area contributed by atoms with Gasteiger partial charge in [0.1, 0.15) is 5.82 Å². The highest BCUT2D eigenvalue weighted by molar-refractivity contribution is 9.10. The Labute approximate surface area is 126 Å². The van der Waals surface area contributed by atoms with Gasteiger partial charge in [-0.1, -0.05) is 6.92 Å². The number of carbonyl (C=O) groups excluding carboxylic acids is 1. The molecule has 0 aromatic heterocycles. The molecule has 0 bridgehead atoms. The summed E-state index contributed by atoms with van der Waals surface area (Å²) < 4.78 is 19.2. The zero-order chi connectivity index (χ0) is 14.9. The fourth-order valence-electron chi connectivity index (χ4n) is 2.43. The quantitative estimate of drug-likeness (QED) is 0.839. The molecular weight excluding hydrogens is 327 g/mol. The summed E-state index contributed by atoms with van der Waals surface area (Å²) in [7, 11) is 1.65. The van der Waals surface area contributed by atoms with E-state index >= 15 is 0 Å². The van der Waals surface area contributed by atoms with Gasteiger partial charge in [0.2, 0.25) is 0 Å². The number of nitrogen functional groups attached to an aromatic ring is 1. The van der Waals surface area contributed by atoms with Crippen LogP contribution in [0.3, 0.4) is 0 Å². The molecule has 2 N–H and O–H groups in total. The van der Waals surface area contributed by atoms with Crippen LogP contribution in [0.2, 0.25) is 0 Å². The Morgan fingerprint density at radius 2 is 2.25 bits per heavy atom. The number of carbonyl (C=O) groups is 1. The van der Waals surface area contributed by atoms with E-state index in [0.29, 0.717) is 29.0 Å². The summed E-state index contributed by atoms with van der Waals surface area (Å²) >= 11 is 3.22. The molecule has 1 fully saturated rings. The standard InChI is InChI=1S/C14H18BrFN2O2/c1-8-3-4-18(7-13(8)20-2)14(19)9-5-12(17)11(16)6-10(9)15/h5-6,8,13H,3-4,7,17H2,1-2H3. The third-order valence-electron chi connectivity index (χ3n) is 3.80. The van der Waals surface area contributed by atoms with Crippen LogP contribution in [0.25, 0.3) is 0 Å². The van der Waals surface area contributed by atoms with E-state index < -0.39 is 5.82 Å². The van der Waals surface area contributed by atoms with Crippen LogP contribution in [-0.2, 0) is 4.74 Å². The lowest BCUT2D eigenvalue weighted by Crippen LogP contribution is -2.46. The number of nitrogens with zero attached hydrogens (tertiary/aromatic N) is 1. The smallest absolute Gasteiger partial charge is 0.255 e. The van der Waals surface area contributed by atoms with Crippen molar-refractivity contribution in [1.82, 2.24) is 4.90 Å². The van der Waals surface area contributed by atoms with Crippen LogP contribution in [0.15, 0.2) is 16.6 Å². The van der Waals surface area contributed by atoms with Gasteiger partial charge in [-0.25, -0.2) is 4.39 Å². The molecule has 6 heteroatoms. The van der Waals surface area contributed by atoms with Crippen molar-refractivity contribution in [2.45, 2.75) is 19.4 Å². The molecule has 1 aromatic rings. The average Bonchev–Trinajstić information content (AvgIpc) is 2.42. The fourth-order valence-corrected chi connectivity index (χ4v) is 2.91. The van der Waals surface area contributed by atoms with Gasteiger partial charge in [-0.3, -0.25) is 4.79 Å². The summed E-state index contributed by atoms with van der Waals surface area (Å²) in [5.41, 5.74) is 5.90. The van der Waals surface area contributed by atoms with Gasteiger partial charge < -0.3 is 15.4 Å². The number of halogens is 2. The molecule has 2 atom stereocenters. The SMILES string of the molecule is COC1CN(C(=O)c2cc(N)c(F)cc2Br)CCC1C. The first-order valence-corrected chi connectivity index (χ1v) is 7.30. The van der Waals surface area contributed by atoms with Crippen molar-refractivity contribution in [3.8, 4) is 0 Å². The van der Waals surface area contributed by atoms with Gasteiger partial charge in [0.25, 0.3) is 5.91 Å². The number of likely N-dealkylation sites (tertiary alicyclic amines) is 1. The molecule has 0 radical (unpaired) electrons. The highest BCUT2D eigenvalue weighted by atomic mass is 79.9. The average molecular weight is 345 g/mol. The van der Waals surface area contributed by atoms with Crippen LogP contribution < -0.4 is 5.73 Å². The van der Waals surface area contributed by atoms with E-state index in [2.05, 4.69) is 22.9 Å². The number of hydrogen-bond donors (Lipinski definition) is 1. The van der Waals surface area contributed by atoms with E-state index in [-0.39, 0.29) is 17.7 Å². The van der Waals surface area contributed by atoms with Crippen molar-refractivity contribution in [1.29, 1.82) is 0 Å². The van der Waals surface area contributed by atoms with Crippen molar-refractivity contribution in [3.63, 3.8) is 0 Å². The number of amides is 1. The number of nitrogens with two attached hydrogens (primary N) is 1. The van der Waals surface area contributed by atoms with Crippen LogP contribution in [-0.4, -0.2) is 37.1 Å². The van der Waals surface area contributed by atoms with E-state index in [0.717, 1.165) is 6.42 Å². The Hall–Kier alpha value is -1.14. The summed E-state index contributed by atoms with van der Waals surface area (Å²) in [6, 6.07) is 2.60. The maximum absolute atomic E-state index is 13.3. The molecule has 1 aromatic carbocycles. The minimum absolute atomic E-state index is 0.0229. The molecule has 0 aliphatic carbocycles. The second-order valence-electron chi connectivity index (χ2n) is 5.14. The van der Waals surface area contributed by atoms with E-state index in [1.165, 1.54) is 12.1 Å². The second-order valence-corrected chi connectivity index (χ2v) is 6.00. The van der Waals surface area contributed by atoms with Crippen LogP contribution in [0.5, 0.6) is 0 Å². The molecule has 1 aliphatic rings. The fraction of sp³-hybridized carbons (Fsp3) is 0.500. The highest BCUT2D eigenvalue weighted by Crippen LogP contribution is 2.26. The van der Waals surface area contributed by atoms with E-state index in [1.54, 1.807) is 12.0 Å². The molecule has 1 saturated heterocycles. The molecule has 4 nitrogen and oxygen atoms in total. The predicted octanol–water partition coefficient (Wildman–Crippen LogP) is 2.67. The topological polar surface area (TPSA) is 55.6 Å². The Morgan fingerprint density at radius 3 is 2.90 bits per heavy atom. The van der Waals surface area contributed by atoms with Gasteiger partial charge in [0.05, 0.1) is 17.4 Å². The van der Waals surface area contributed by atoms with E-state index in [9.17, 15) is 9.18 Å². The number of rotatable bonds is 2. The molecule has 1 aliphatic heterocycles. The Kier molecular flexibility index (Phi) is 4.65. The number of hydrogen-bond acceptors (Lipinski definition) is 3. The van der Waals surface area contributed by atoms with Gasteiger partial charge in [0.15, 0.2) is 0 Å². The number of ether oxygens (including phenoxy) is 1. The monoisotopic (exact) mass is 344 g/mol. The zero-order valence-corrected chi connectivity index (χ0v) is 13.1. The maximum atomic E-state index is 13.3. The first-order chi connectivity index (χ1) is 9.43. The van der Waals surface area contributed by atoms with Crippen LogP contribution in [0.4, 0.5) is 10.1 Å². The second kappa shape index (κ2) is 6.10. The van der Waals surface area contributed by atoms with Gasteiger partial charge in [-0.05, 0) is 40.4 Å². The Morgan fingerprint density at radius 1 is 1.55 bits per heavy atom. The van der Waals surface area contributed by atoms with Gasteiger partial charge in [-0.2, -0.15) is 0 Å². The van der Waals surface area contributed by atoms with Crippen molar-refractivity contribution in [2.24, 2.45) is 5.92 Å². The normalized spacial score (nSPS) is 22.9. The molecule has 110 valence electrons. The third-order valence-corrected chi connectivity index (χ3v) is 4.45. The lowest BCUT2D eigenvalue weighted by Gasteiger charge is -2.36. The lowest BCUT2D eigenvalue weighted by atomic mass is 9.95. The first kappa shape index (κ1) is 15.3. The first-order valence-electron chi connectivity index (χ1n) is 6.50. The summed E-state index contributed by atoms with van der Waals surface area (Å²) in [5.74, 6) is -0.265. The van der Waals surface area contributed by atoms with Crippen LogP contribution in [0, 0.1) is 11.7 Å². The van der Waals surface area contributed by atoms with Gasteiger partial charge >= 0.3 is 0 Å². The number of methoxy groups -OCH3 is 1. The van der Waals surface area contributed by atoms with Crippen molar-refractivity contribution in [3.05, 3.63) is 28.0 Å². The molecule has 1 amide bonds. The third kappa shape index (κ3) is 2.96. The highest BCUT2D eigenvalue weighted by Gasteiger charge is 2.30. The van der Waals surface area contributed by atoms with E-state index in [1.807, 2.05) is 0 Å². The molecule has 2 unspecified atom stereocenters. The largest absolute Gasteiger partial charge is 0.396 e. The molecular formula is C14H18BrFN2O2. The van der Waals surface area contributed by atoms with Crippen LogP contribution in [0.1, 0.15) is 23.7 Å². The van der Waals surface area contributed by atoms with Gasteiger partial charge in [0, 0.05) is 24.7 Å². The minimum Gasteiger partial charge on any atom is -0.396 e.